The van der Waals surface area contributed by atoms with Crippen molar-refractivity contribution in [2.24, 2.45) is 0 Å². The summed E-state index contributed by atoms with van der Waals surface area (Å²) in [6.45, 7) is 6.49. The summed E-state index contributed by atoms with van der Waals surface area (Å²) in [6, 6.07) is 0. The molecule has 0 unspecified atom stereocenters. The first-order chi connectivity index (χ1) is 10.2. The van der Waals surface area contributed by atoms with Crippen molar-refractivity contribution < 1.29 is 29.2 Å². The molecular formula is C13H26N2O6. The van der Waals surface area contributed by atoms with Crippen LogP contribution in [0.4, 0.5) is 4.79 Å². The molecule has 8 heteroatoms. The third-order valence-corrected chi connectivity index (χ3v) is 3.17. The molecule has 0 radical (unpaired) electrons. The second kappa shape index (κ2) is 11.7. The number of aliphatic hydroxyl groups is 1. The summed E-state index contributed by atoms with van der Waals surface area (Å²) in [5.74, 6) is 0. The van der Waals surface area contributed by atoms with Crippen molar-refractivity contribution in [2.45, 2.75) is 0 Å². The number of carbonyl (C=O) groups is 1. The van der Waals surface area contributed by atoms with Crippen molar-refractivity contribution in [1.82, 2.24) is 9.80 Å². The fourth-order valence-corrected chi connectivity index (χ4v) is 1.96. The van der Waals surface area contributed by atoms with Crippen LogP contribution in [-0.4, -0.2) is 105 Å². The molecule has 1 fully saturated rings. The molecule has 0 aromatic carbocycles. The number of rotatable bonds is 11. The van der Waals surface area contributed by atoms with Gasteiger partial charge in [-0.05, 0) is 0 Å². The van der Waals surface area contributed by atoms with Gasteiger partial charge in [0.25, 0.3) is 0 Å². The summed E-state index contributed by atoms with van der Waals surface area (Å²) in [5.41, 5.74) is 0. The molecule has 124 valence electrons. The lowest BCUT2D eigenvalue weighted by Crippen LogP contribution is -2.49. The van der Waals surface area contributed by atoms with Gasteiger partial charge in [-0.3, -0.25) is 4.90 Å². The van der Waals surface area contributed by atoms with Gasteiger partial charge in [-0.15, -0.1) is 0 Å². The fraction of sp³-hybridized carbons (Fsp3) is 0.923. The topological polar surface area (TPSA) is 91.7 Å². The van der Waals surface area contributed by atoms with Crippen LogP contribution < -0.4 is 0 Å². The van der Waals surface area contributed by atoms with Gasteiger partial charge in [-0.1, -0.05) is 0 Å². The second-order valence-corrected chi connectivity index (χ2v) is 4.67. The largest absolute Gasteiger partial charge is 0.465 e. The smallest absolute Gasteiger partial charge is 0.407 e. The summed E-state index contributed by atoms with van der Waals surface area (Å²) in [5, 5.41) is 17.3. The van der Waals surface area contributed by atoms with Crippen LogP contribution in [0.5, 0.6) is 0 Å². The Labute approximate surface area is 125 Å². The van der Waals surface area contributed by atoms with Crippen molar-refractivity contribution in [2.75, 3.05) is 79.0 Å². The summed E-state index contributed by atoms with van der Waals surface area (Å²) < 4.78 is 15.8. The van der Waals surface area contributed by atoms with E-state index in [0.717, 1.165) is 19.6 Å². The molecule has 0 saturated carbocycles. The number of amides is 1. The van der Waals surface area contributed by atoms with E-state index in [1.54, 1.807) is 0 Å². The van der Waals surface area contributed by atoms with Crippen LogP contribution in [0.25, 0.3) is 0 Å². The normalized spacial score (nSPS) is 16.3. The zero-order valence-electron chi connectivity index (χ0n) is 12.4. The lowest BCUT2D eigenvalue weighted by atomic mass is 10.3. The van der Waals surface area contributed by atoms with Gasteiger partial charge >= 0.3 is 6.09 Å². The number of nitrogens with zero attached hydrogens (tertiary/aromatic N) is 2. The van der Waals surface area contributed by atoms with Crippen LogP contribution in [0.3, 0.4) is 0 Å². The lowest BCUT2D eigenvalue weighted by Gasteiger charge is -2.32. The Morgan fingerprint density at radius 3 is 1.90 bits per heavy atom. The molecule has 1 amide bonds. The molecule has 21 heavy (non-hydrogen) atoms. The van der Waals surface area contributed by atoms with Gasteiger partial charge < -0.3 is 29.3 Å². The second-order valence-electron chi connectivity index (χ2n) is 4.67. The van der Waals surface area contributed by atoms with E-state index in [2.05, 4.69) is 4.90 Å². The number of hydrogen-bond donors (Lipinski definition) is 2. The Balaban J connectivity index is 1.84. The van der Waals surface area contributed by atoms with Crippen LogP contribution in [0, 0.1) is 0 Å². The first kappa shape index (κ1) is 18.1. The van der Waals surface area contributed by atoms with Crippen molar-refractivity contribution in [3.05, 3.63) is 0 Å². The molecule has 0 spiro atoms. The van der Waals surface area contributed by atoms with Gasteiger partial charge in [0.15, 0.2) is 0 Å². The van der Waals surface area contributed by atoms with Crippen LogP contribution >= 0.6 is 0 Å². The van der Waals surface area contributed by atoms with Crippen LogP contribution in [0.2, 0.25) is 0 Å². The van der Waals surface area contributed by atoms with Crippen molar-refractivity contribution in [3.63, 3.8) is 0 Å². The van der Waals surface area contributed by atoms with E-state index in [1.165, 1.54) is 4.90 Å². The molecule has 0 aromatic heterocycles. The lowest BCUT2D eigenvalue weighted by molar-refractivity contribution is 0.00283. The summed E-state index contributed by atoms with van der Waals surface area (Å²) >= 11 is 0. The van der Waals surface area contributed by atoms with Gasteiger partial charge in [-0.2, -0.15) is 0 Å². The van der Waals surface area contributed by atoms with E-state index in [0.29, 0.717) is 52.7 Å². The van der Waals surface area contributed by atoms with Gasteiger partial charge in [0.05, 0.1) is 46.2 Å². The van der Waals surface area contributed by atoms with Crippen molar-refractivity contribution in [1.29, 1.82) is 0 Å². The third kappa shape index (κ3) is 8.84. The SMILES string of the molecule is O=C(O)N1CCN(CCOCCOCCOCCO)CC1. The molecule has 2 N–H and O–H groups in total. The molecule has 1 rings (SSSR count). The molecule has 8 nitrogen and oxygen atoms in total. The average molecular weight is 306 g/mol. The molecule has 1 aliphatic rings. The Morgan fingerprint density at radius 1 is 0.857 bits per heavy atom. The summed E-state index contributed by atoms with van der Waals surface area (Å²) in [6.07, 6.45) is -0.842. The van der Waals surface area contributed by atoms with Gasteiger partial charge in [0, 0.05) is 32.7 Å². The van der Waals surface area contributed by atoms with Crippen LogP contribution in [0.15, 0.2) is 0 Å². The Morgan fingerprint density at radius 2 is 1.38 bits per heavy atom. The predicted molar refractivity (Wildman–Crippen MR) is 75.6 cm³/mol. The van der Waals surface area contributed by atoms with E-state index in [1.807, 2.05) is 0 Å². The maximum absolute atomic E-state index is 10.8. The van der Waals surface area contributed by atoms with E-state index in [-0.39, 0.29) is 6.61 Å². The van der Waals surface area contributed by atoms with E-state index in [9.17, 15) is 4.79 Å². The molecule has 0 aliphatic carbocycles. The zero-order valence-corrected chi connectivity index (χ0v) is 12.4. The highest BCUT2D eigenvalue weighted by molar-refractivity contribution is 5.65. The predicted octanol–water partition coefficient (Wildman–Crippen LogP) is -0.676. The highest BCUT2D eigenvalue weighted by Gasteiger charge is 2.19. The average Bonchev–Trinajstić information content (AvgIpc) is 2.49. The fourth-order valence-electron chi connectivity index (χ4n) is 1.96. The molecule has 0 aromatic rings. The number of ether oxygens (including phenoxy) is 3. The molecule has 1 saturated heterocycles. The van der Waals surface area contributed by atoms with Gasteiger partial charge in [-0.25, -0.2) is 4.79 Å². The van der Waals surface area contributed by atoms with Crippen LogP contribution in [-0.2, 0) is 14.2 Å². The standard InChI is InChI=1S/C13H26N2O6/c16-6-8-20-10-12-21-11-9-19-7-5-14-1-3-15(4-2-14)13(17)18/h16H,1-12H2,(H,17,18). The first-order valence-corrected chi connectivity index (χ1v) is 7.28. The van der Waals surface area contributed by atoms with Gasteiger partial charge in [0.2, 0.25) is 0 Å². The monoisotopic (exact) mass is 306 g/mol. The molecular weight excluding hydrogens is 280 g/mol. The van der Waals surface area contributed by atoms with Crippen molar-refractivity contribution >= 4 is 6.09 Å². The molecule has 1 heterocycles. The zero-order chi connectivity index (χ0) is 15.3. The van der Waals surface area contributed by atoms with Crippen molar-refractivity contribution in [3.8, 4) is 0 Å². The number of aliphatic hydroxyl groups excluding tert-OH is 1. The summed E-state index contributed by atoms with van der Waals surface area (Å²) in [4.78, 5) is 14.4. The van der Waals surface area contributed by atoms with E-state index in [4.69, 9.17) is 24.4 Å². The number of piperazine rings is 1. The maximum atomic E-state index is 10.8. The Kier molecular flexibility index (Phi) is 10.1. The minimum atomic E-state index is -0.842. The Bertz CT molecular complexity index is 271. The minimum Gasteiger partial charge on any atom is -0.465 e. The number of carboxylic acid groups (broad SMARTS) is 1. The highest BCUT2D eigenvalue weighted by Crippen LogP contribution is 2.01. The molecule has 0 atom stereocenters. The van der Waals surface area contributed by atoms with Crippen LogP contribution in [0.1, 0.15) is 0 Å². The molecule has 1 aliphatic heterocycles. The highest BCUT2D eigenvalue weighted by atomic mass is 16.5. The first-order valence-electron chi connectivity index (χ1n) is 7.28. The molecule has 0 bridgehead atoms. The maximum Gasteiger partial charge on any atom is 0.407 e. The minimum absolute atomic E-state index is 0.0316. The Hall–Kier alpha value is -0.930. The third-order valence-electron chi connectivity index (χ3n) is 3.17. The quantitative estimate of drug-likeness (QED) is 0.489. The summed E-state index contributed by atoms with van der Waals surface area (Å²) in [7, 11) is 0. The number of hydrogen-bond acceptors (Lipinski definition) is 6. The van der Waals surface area contributed by atoms with Gasteiger partial charge in [0.1, 0.15) is 0 Å². The van der Waals surface area contributed by atoms with E-state index < -0.39 is 6.09 Å². The van der Waals surface area contributed by atoms with E-state index >= 15 is 0 Å².